The van der Waals surface area contributed by atoms with Crippen LogP contribution in [0.1, 0.15) is 5.56 Å². The summed E-state index contributed by atoms with van der Waals surface area (Å²) in [5.74, 6) is -1.42. The highest BCUT2D eigenvalue weighted by Gasteiger charge is 2.13. The number of aromatic nitrogens is 1. The fraction of sp³-hybridized carbons (Fsp3) is 0.111. The molecule has 1 aromatic carbocycles. The first-order chi connectivity index (χ1) is 7.00. The zero-order chi connectivity index (χ0) is 11.2. The van der Waals surface area contributed by atoms with Gasteiger partial charge in [0.1, 0.15) is 11.2 Å². The second kappa shape index (κ2) is 3.30. The molecule has 0 fully saturated rings. The minimum absolute atomic E-state index is 0.00639. The second-order valence-electron chi connectivity index (χ2n) is 3.04. The number of H-pyrrole nitrogens is 1. The van der Waals surface area contributed by atoms with Crippen LogP contribution in [-0.4, -0.2) is 4.98 Å². The van der Waals surface area contributed by atoms with E-state index in [1.54, 1.807) is 6.92 Å². The highest BCUT2D eigenvalue weighted by atomic mass is 79.9. The first-order valence-corrected chi connectivity index (χ1v) is 4.81. The number of nitrogens with one attached hydrogen (secondary N) is 1. The SMILES string of the molecule is Cc1cc(F)c(Br)c2c(=O)oc(=O)[nH]c12. The molecule has 0 amide bonds. The van der Waals surface area contributed by atoms with E-state index in [0.717, 1.165) is 0 Å². The Bertz CT molecular complexity index is 659. The van der Waals surface area contributed by atoms with Crippen LogP contribution in [0.5, 0.6) is 0 Å². The van der Waals surface area contributed by atoms with E-state index in [1.807, 2.05) is 0 Å². The van der Waals surface area contributed by atoms with E-state index in [9.17, 15) is 14.0 Å². The van der Waals surface area contributed by atoms with Crippen molar-refractivity contribution in [1.82, 2.24) is 4.98 Å². The molecule has 1 N–H and O–H groups in total. The summed E-state index contributed by atoms with van der Waals surface area (Å²) >= 11 is 2.93. The molecular formula is C9H5BrFNO3. The maximum absolute atomic E-state index is 13.3. The van der Waals surface area contributed by atoms with E-state index in [4.69, 9.17) is 0 Å². The third-order valence-corrected chi connectivity index (χ3v) is 2.81. The lowest BCUT2D eigenvalue weighted by molar-refractivity contribution is 0.459. The van der Waals surface area contributed by atoms with Crippen LogP contribution in [0.25, 0.3) is 10.9 Å². The molecule has 0 radical (unpaired) electrons. The van der Waals surface area contributed by atoms with Gasteiger partial charge in [-0.3, -0.25) is 4.98 Å². The Morgan fingerprint density at radius 1 is 1.47 bits per heavy atom. The van der Waals surface area contributed by atoms with E-state index in [1.165, 1.54) is 6.07 Å². The van der Waals surface area contributed by atoms with Crippen molar-refractivity contribution >= 4 is 26.8 Å². The van der Waals surface area contributed by atoms with Gasteiger partial charge in [-0.2, -0.15) is 0 Å². The fourth-order valence-corrected chi connectivity index (χ4v) is 1.84. The summed E-state index contributed by atoms with van der Waals surface area (Å²) in [4.78, 5) is 24.6. The average molecular weight is 274 g/mol. The summed E-state index contributed by atoms with van der Waals surface area (Å²) in [6.45, 7) is 1.59. The molecule has 1 aromatic heterocycles. The Morgan fingerprint density at radius 2 is 2.13 bits per heavy atom. The lowest BCUT2D eigenvalue weighted by Crippen LogP contribution is -2.15. The summed E-state index contributed by atoms with van der Waals surface area (Å²) in [7, 11) is 0. The molecule has 0 aliphatic carbocycles. The molecule has 2 aromatic rings. The maximum atomic E-state index is 13.3. The molecular weight excluding hydrogens is 269 g/mol. The molecule has 0 aliphatic heterocycles. The molecule has 0 saturated heterocycles. The van der Waals surface area contributed by atoms with Crippen LogP contribution in [0, 0.1) is 12.7 Å². The van der Waals surface area contributed by atoms with Crippen molar-refractivity contribution in [2.24, 2.45) is 0 Å². The number of aromatic amines is 1. The predicted molar refractivity (Wildman–Crippen MR) is 55.5 cm³/mol. The average Bonchev–Trinajstić information content (AvgIpc) is 2.13. The lowest BCUT2D eigenvalue weighted by Gasteiger charge is -2.02. The van der Waals surface area contributed by atoms with Gasteiger partial charge in [-0.15, -0.1) is 0 Å². The monoisotopic (exact) mass is 273 g/mol. The van der Waals surface area contributed by atoms with Crippen molar-refractivity contribution in [3.05, 3.63) is 42.9 Å². The Balaban J connectivity index is 3.17. The molecule has 0 bridgehead atoms. The second-order valence-corrected chi connectivity index (χ2v) is 3.83. The largest absolute Gasteiger partial charge is 0.419 e. The Morgan fingerprint density at radius 3 is 2.80 bits per heavy atom. The lowest BCUT2D eigenvalue weighted by atomic mass is 10.1. The molecule has 0 saturated carbocycles. The molecule has 78 valence electrons. The predicted octanol–water partition coefficient (Wildman–Crippen LogP) is 1.69. The first kappa shape index (κ1) is 10.1. The molecule has 4 nitrogen and oxygen atoms in total. The third kappa shape index (κ3) is 1.50. The van der Waals surface area contributed by atoms with Crippen molar-refractivity contribution in [3.63, 3.8) is 0 Å². The molecule has 0 unspecified atom stereocenters. The van der Waals surface area contributed by atoms with E-state index in [-0.39, 0.29) is 15.4 Å². The van der Waals surface area contributed by atoms with Gasteiger partial charge in [-0.1, -0.05) is 0 Å². The molecule has 0 aliphatic rings. The number of hydrogen-bond donors (Lipinski definition) is 1. The zero-order valence-corrected chi connectivity index (χ0v) is 9.14. The van der Waals surface area contributed by atoms with Crippen LogP contribution in [0.15, 0.2) is 24.5 Å². The molecule has 6 heteroatoms. The highest BCUT2D eigenvalue weighted by Crippen LogP contribution is 2.24. The zero-order valence-electron chi connectivity index (χ0n) is 7.56. The first-order valence-electron chi connectivity index (χ1n) is 4.02. The molecule has 15 heavy (non-hydrogen) atoms. The fourth-order valence-electron chi connectivity index (χ4n) is 1.37. The van der Waals surface area contributed by atoms with E-state index in [2.05, 4.69) is 25.3 Å². The number of aryl methyl sites for hydroxylation is 1. The minimum Gasteiger partial charge on any atom is -0.372 e. The standard InChI is InChI=1S/C9H5BrFNO3/c1-3-2-4(11)6(10)5-7(3)12-9(14)15-8(5)13/h2H,1H3,(H,12,14). The van der Waals surface area contributed by atoms with Gasteiger partial charge < -0.3 is 4.42 Å². The summed E-state index contributed by atoms with van der Waals surface area (Å²) in [5.41, 5.74) is -0.108. The molecule has 0 atom stereocenters. The number of rotatable bonds is 0. The molecule has 0 spiro atoms. The van der Waals surface area contributed by atoms with Crippen molar-refractivity contribution in [1.29, 1.82) is 0 Å². The quantitative estimate of drug-likeness (QED) is 0.795. The van der Waals surface area contributed by atoms with Gasteiger partial charge >= 0.3 is 11.4 Å². The summed E-state index contributed by atoms with van der Waals surface area (Å²) in [5, 5.41) is 0.00657. The minimum atomic E-state index is -0.858. The van der Waals surface area contributed by atoms with Gasteiger partial charge in [0.15, 0.2) is 0 Å². The van der Waals surface area contributed by atoms with Gasteiger partial charge in [0.25, 0.3) is 0 Å². The normalized spacial score (nSPS) is 10.9. The van der Waals surface area contributed by atoms with Crippen molar-refractivity contribution in [2.45, 2.75) is 6.92 Å². The van der Waals surface area contributed by atoms with E-state index in [0.29, 0.717) is 5.56 Å². The topological polar surface area (TPSA) is 63.1 Å². The van der Waals surface area contributed by atoms with Crippen LogP contribution < -0.4 is 11.4 Å². The van der Waals surface area contributed by atoms with Crippen molar-refractivity contribution in [3.8, 4) is 0 Å². The number of hydrogen-bond acceptors (Lipinski definition) is 3. The highest BCUT2D eigenvalue weighted by molar-refractivity contribution is 9.10. The third-order valence-electron chi connectivity index (χ3n) is 2.03. The van der Waals surface area contributed by atoms with Crippen molar-refractivity contribution < 1.29 is 8.81 Å². The smallest absolute Gasteiger partial charge is 0.372 e. The van der Waals surface area contributed by atoms with E-state index >= 15 is 0 Å². The van der Waals surface area contributed by atoms with Gasteiger partial charge in [0.05, 0.1) is 9.99 Å². The van der Waals surface area contributed by atoms with Crippen LogP contribution in [0.4, 0.5) is 4.39 Å². The van der Waals surface area contributed by atoms with Crippen LogP contribution in [0.3, 0.4) is 0 Å². The Labute approximate surface area is 90.9 Å². The summed E-state index contributed by atoms with van der Waals surface area (Å²) in [6.07, 6.45) is 0. The van der Waals surface area contributed by atoms with Gasteiger partial charge in [-0.25, -0.2) is 14.0 Å². The van der Waals surface area contributed by atoms with Gasteiger partial charge in [0.2, 0.25) is 0 Å². The molecule has 1 heterocycles. The van der Waals surface area contributed by atoms with Gasteiger partial charge in [-0.05, 0) is 34.5 Å². The number of benzene rings is 1. The summed E-state index contributed by atoms with van der Waals surface area (Å²) < 4.78 is 17.6. The maximum Gasteiger partial charge on any atom is 0.419 e. The number of fused-ring (bicyclic) bond motifs is 1. The number of halogens is 2. The van der Waals surface area contributed by atoms with Crippen LogP contribution in [-0.2, 0) is 0 Å². The Kier molecular flexibility index (Phi) is 2.22. The van der Waals surface area contributed by atoms with E-state index < -0.39 is 17.2 Å². The Hall–Kier alpha value is -1.43. The van der Waals surface area contributed by atoms with Crippen LogP contribution >= 0.6 is 15.9 Å². The van der Waals surface area contributed by atoms with Gasteiger partial charge in [0, 0.05) is 0 Å². The van der Waals surface area contributed by atoms with Crippen molar-refractivity contribution in [2.75, 3.05) is 0 Å². The van der Waals surface area contributed by atoms with Crippen LogP contribution in [0.2, 0.25) is 0 Å². The molecule has 2 rings (SSSR count). The summed E-state index contributed by atoms with van der Waals surface area (Å²) in [6, 6.07) is 1.22.